The van der Waals surface area contributed by atoms with Crippen LogP contribution in [0.25, 0.3) is 0 Å². The van der Waals surface area contributed by atoms with E-state index in [1.807, 2.05) is 13.0 Å². The van der Waals surface area contributed by atoms with Gasteiger partial charge in [0, 0.05) is 10.0 Å². The zero-order valence-electron chi connectivity index (χ0n) is 9.57. The third-order valence-electron chi connectivity index (χ3n) is 2.21. The molecule has 0 saturated carbocycles. The van der Waals surface area contributed by atoms with E-state index in [9.17, 15) is 4.79 Å². The van der Waals surface area contributed by atoms with Crippen LogP contribution in [0.5, 0.6) is 0 Å². The molecule has 1 aromatic rings. The molecule has 1 rings (SSSR count). The summed E-state index contributed by atoms with van der Waals surface area (Å²) < 4.78 is 0.833. The number of carbonyl (C=O) groups excluding carboxylic acids is 1. The van der Waals surface area contributed by atoms with Gasteiger partial charge in [0.05, 0.1) is 6.04 Å². The molecule has 0 bridgehead atoms. The number of amides is 1. The molecule has 0 aromatic heterocycles. The molecule has 17 heavy (non-hydrogen) atoms. The van der Waals surface area contributed by atoms with E-state index in [4.69, 9.17) is 10.9 Å². The van der Waals surface area contributed by atoms with Gasteiger partial charge in [0.15, 0.2) is 5.84 Å². The second kappa shape index (κ2) is 5.67. The van der Waals surface area contributed by atoms with Crippen LogP contribution >= 0.6 is 15.9 Å². The summed E-state index contributed by atoms with van der Waals surface area (Å²) in [6, 6.07) is 4.86. The maximum Gasteiger partial charge on any atom is 0.251 e. The molecule has 92 valence electrons. The first-order valence-electron chi connectivity index (χ1n) is 4.99. The molecule has 0 aliphatic carbocycles. The lowest BCUT2D eigenvalue weighted by Crippen LogP contribution is -2.42. The number of benzene rings is 1. The van der Waals surface area contributed by atoms with Gasteiger partial charge in [-0.1, -0.05) is 21.1 Å². The third-order valence-corrected chi connectivity index (χ3v) is 2.67. The van der Waals surface area contributed by atoms with Crippen molar-refractivity contribution in [2.24, 2.45) is 10.9 Å². The van der Waals surface area contributed by atoms with Gasteiger partial charge in [-0.2, -0.15) is 0 Å². The number of halogens is 1. The molecule has 0 aliphatic heterocycles. The highest BCUT2D eigenvalue weighted by atomic mass is 79.9. The Morgan fingerprint density at radius 3 is 2.71 bits per heavy atom. The zero-order chi connectivity index (χ0) is 13.0. The second-order valence-electron chi connectivity index (χ2n) is 3.74. The summed E-state index contributed by atoms with van der Waals surface area (Å²) >= 11 is 3.32. The summed E-state index contributed by atoms with van der Waals surface area (Å²) in [5, 5.41) is 13.9. The average Bonchev–Trinajstić information content (AvgIpc) is 2.26. The molecule has 5 nitrogen and oxygen atoms in total. The van der Waals surface area contributed by atoms with Crippen LogP contribution in [-0.4, -0.2) is 23.0 Å². The summed E-state index contributed by atoms with van der Waals surface area (Å²) in [6.07, 6.45) is 0. The fraction of sp³-hybridized carbons (Fsp3) is 0.273. The van der Waals surface area contributed by atoms with E-state index in [0.29, 0.717) is 5.56 Å². The first kappa shape index (κ1) is 13.5. The number of aryl methyl sites for hydroxylation is 1. The Bertz CT molecular complexity index is 440. The number of amidine groups is 1. The van der Waals surface area contributed by atoms with Crippen LogP contribution in [0.15, 0.2) is 27.8 Å². The van der Waals surface area contributed by atoms with Gasteiger partial charge in [0.25, 0.3) is 5.91 Å². The summed E-state index contributed by atoms with van der Waals surface area (Å²) in [6.45, 7) is 3.53. The van der Waals surface area contributed by atoms with Crippen molar-refractivity contribution in [3.8, 4) is 0 Å². The van der Waals surface area contributed by atoms with Gasteiger partial charge in [0.1, 0.15) is 0 Å². The minimum atomic E-state index is -0.521. The Kier molecular flexibility index (Phi) is 4.51. The minimum absolute atomic E-state index is 0.0370. The van der Waals surface area contributed by atoms with E-state index >= 15 is 0 Å². The van der Waals surface area contributed by atoms with E-state index in [1.165, 1.54) is 0 Å². The smallest absolute Gasteiger partial charge is 0.251 e. The number of hydrogen-bond acceptors (Lipinski definition) is 3. The van der Waals surface area contributed by atoms with Crippen LogP contribution in [0, 0.1) is 6.92 Å². The summed E-state index contributed by atoms with van der Waals surface area (Å²) in [7, 11) is 0. The van der Waals surface area contributed by atoms with E-state index < -0.39 is 6.04 Å². The van der Waals surface area contributed by atoms with E-state index in [1.54, 1.807) is 19.1 Å². The molecule has 1 amide bonds. The van der Waals surface area contributed by atoms with Crippen molar-refractivity contribution in [3.05, 3.63) is 33.8 Å². The SMILES string of the molecule is Cc1cc(Br)cc(C(=O)NC(C)/C(N)=N/O)c1. The lowest BCUT2D eigenvalue weighted by molar-refractivity contribution is 0.0948. The molecule has 1 atom stereocenters. The van der Waals surface area contributed by atoms with Crippen LogP contribution in [0.1, 0.15) is 22.8 Å². The van der Waals surface area contributed by atoms with Crippen LogP contribution in [-0.2, 0) is 0 Å². The standard InChI is InChI=1S/C11H14BrN3O2/c1-6-3-8(5-9(12)4-6)11(16)14-7(2)10(13)15-17/h3-5,7,17H,1-2H3,(H2,13,15)(H,14,16). The number of nitrogens with two attached hydrogens (primary N) is 1. The van der Waals surface area contributed by atoms with Crippen LogP contribution in [0.4, 0.5) is 0 Å². The van der Waals surface area contributed by atoms with Crippen LogP contribution in [0.3, 0.4) is 0 Å². The second-order valence-corrected chi connectivity index (χ2v) is 4.65. The van der Waals surface area contributed by atoms with Crippen LogP contribution < -0.4 is 11.1 Å². The van der Waals surface area contributed by atoms with Gasteiger partial charge in [-0.3, -0.25) is 4.79 Å². The quantitative estimate of drug-likeness (QED) is 0.343. The number of carbonyl (C=O) groups is 1. The van der Waals surface area contributed by atoms with Gasteiger partial charge in [0.2, 0.25) is 0 Å². The Morgan fingerprint density at radius 1 is 1.53 bits per heavy atom. The first-order chi connectivity index (χ1) is 7.93. The van der Waals surface area contributed by atoms with Gasteiger partial charge in [-0.05, 0) is 37.6 Å². The third kappa shape index (κ3) is 3.74. The van der Waals surface area contributed by atoms with Crippen molar-refractivity contribution in [3.63, 3.8) is 0 Å². The number of nitrogens with one attached hydrogen (secondary N) is 1. The highest BCUT2D eigenvalue weighted by Gasteiger charge is 2.13. The number of hydrogen-bond donors (Lipinski definition) is 3. The predicted molar refractivity (Wildman–Crippen MR) is 69.2 cm³/mol. The zero-order valence-corrected chi connectivity index (χ0v) is 11.2. The van der Waals surface area contributed by atoms with Crippen molar-refractivity contribution in [1.82, 2.24) is 5.32 Å². The topological polar surface area (TPSA) is 87.7 Å². The molecule has 0 spiro atoms. The molecule has 0 heterocycles. The Hall–Kier alpha value is -1.56. The van der Waals surface area contributed by atoms with Crippen LogP contribution in [0.2, 0.25) is 0 Å². The van der Waals surface area contributed by atoms with Gasteiger partial charge < -0.3 is 16.3 Å². The lowest BCUT2D eigenvalue weighted by Gasteiger charge is -2.12. The highest BCUT2D eigenvalue weighted by Crippen LogP contribution is 2.15. The number of rotatable bonds is 3. The molecule has 0 radical (unpaired) electrons. The summed E-state index contributed by atoms with van der Waals surface area (Å²) in [4.78, 5) is 11.9. The molecule has 0 aliphatic rings. The maximum atomic E-state index is 11.9. The monoisotopic (exact) mass is 299 g/mol. The van der Waals surface area contributed by atoms with Gasteiger partial charge >= 0.3 is 0 Å². The summed E-state index contributed by atoms with van der Waals surface area (Å²) in [5.41, 5.74) is 6.87. The number of oxime groups is 1. The normalized spacial score (nSPS) is 13.2. The Morgan fingerprint density at radius 2 is 2.18 bits per heavy atom. The van der Waals surface area contributed by atoms with Gasteiger partial charge in [-0.25, -0.2) is 0 Å². The Balaban J connectivity index is 2.83. The van der Waals surface area contributed by atoms with Crippen molar-refractivity contribution in [2.45, 2.75) is 19.9 Å². The lowest BCUT2D eigenvalue weighted by atomic mass is 10.1. The van der Waals surface area contributed by atoms with E-state index in [0.717, 1.165) is 10.0 Å². The molecular formula is C11H14BrN3O2. The fourth-order valence-electron chi connectivity index (χ4n) is 1.31. The molecule has 0 saturated heterocycles. The minimum Gasteiger partial charge on any atom is -0.409 e. The predicted octanol–water partition coefficient (Wildman–Crippen LogP) is 1.62. The van der Waals surface area contributed by atoms with Crippen molar-refractivity contribution < 1.29 is 10.0 Å². The first-order valence-corrected chi connectivity index (χ1v) is 5.79. The maximum absolute atomic E-state index is 11.9. The van der Waals surface area contributed by atoms with E-state index in [2.05, 4.69) is 26.4 Å². The fourth-order valence-corrected chi connectivity index (χ4v) is 1.92. The molecule has 4 N–H and O–H groups in total. The molecular weight excluding hydrogens is 286 g/mol. The van der Waals surface area contributed by atoms with Crippen molar-refractivity contribution >= 4 is 27.7 Å². The van der Waals surface area contributed by atoms with Crippen molar-refractivity contribution in [2.75, 3.05) is 0 Å². The van der Waals surface area contributed by atoms with Gasteiger partial charge in [-0.15, -0.1) is 0 Å². The van der Waals surface area contributed by atoms with Crippen molar-refractivity contribution in [1.29, 1.82) is 0 Å². The number of nitrogens with zero attached hydrogens (tertiary/aromatic N) is 1. The largest absolute Gasteiger partial charge is 0.409 e. The highest BCUT2D eigenvalue weighted by molar-refractivity contribution is 9.10. The van der Waals surface area contributed by atoms with E-state index in [-0.39, 0.29) is 11.7 Å². The summed E-state index contributed by atoms with van der Waals surface area (Å²) in [5.74, 6) is -0.307. The molecule has 1 aromatic carbocycles. The molecule has 1 unspecified atom stereocenters. The Labute approximate surface area is 108 Å². The molecule has 0 fully saturated rings. The molecule has 6 heteroatoms. The average molecular weight is 300 g/mol.